The SMILES string of the molecule is Brc1ccc(NC2CCN(c3ccncc3)CC2)cc1. The first-order valence-electron chi connectivity index (χ1n) is 6.98. The van der Waals surface area contributed by atoms with E-state index >= 15 is 0 Å². The average molecular weight is 332 g/mol. The van der Waals surface area contributed by atoms with Crippen LogP contribution in [0, 0.1) is 0 Å². The van der Waals surface area contributed by atoms with Crippen molar-refractivity contribution in [3.63, 3.8) is 0 Å². The Morgan fingerprint density at radius 2 is 1.65 bits per heavy atom. The minimum atomic E-state index is 0.564. The smallest absolute Gasteiger partial charge is 0.0397 e. The first-order chi connectivity index (χ1) is 9.81. The van der Waals surface area contributed by atoms with Gasteiger partial charge in [0, 0.05) is 47.4 Å². The zero-order valence-electron chi connectivity index (χ0n) is 11.3. The molecule has 0 saturated carbocycles. The van der Waals surface area contributed by atoms with E-state index in [1.54, 1.807) is 0 Å². The van der Waals surface area contributed by atoms with Gasteiger partial charge in [-0.2, -0.15) is 0 Å². The average Bonchev–Trinajstić information content (AvgIpc) is 2.51. The van der Waals surface area contributed by atoms with Gasteiger partial charge in [-0.1, -0.05) is 15.9 Å². The lowest BCUT2D eigenvalue weighted by Crippen LogP contribution is -2.39. The normalized spacial score (nSPS) is 16.1. The van der Waals surface area contributed by atoms with E-state index in [1.807, 2.05) is 12.4 Å². The lowest BCUT2D eigenvalue weighted by molar-refractivity contribution is 0.526. The molecule has 0 spiro atoms. The zero-order chi connectivity index (χ0) is 13.8. The van der Waals surface area contributed by atoms with Crippen molar-refractivity contribution >= 4 is 27.3 Å². The highest BCUT2D eigenvalue weighted by Crippen LogP contribution is 2.22. The summed E-state index contributed by atoms with van der Waals surface area (Å²) in [5.41, 5.74) is 2.48. The van der Waals surface area contributed by atoms with E-state index in [0.717, 1.165) is 17.6 Å². The molecular formula is C16H18BrN3. The highest BCUT2D eigenvalue weighted by atomic mass is 79.9. The Labute approximate surface area is 128 Å². The van der Waals surface area contributed by atoms with Crippen LogP contribution < -0.4 is 10.2 Å². The summed E-state index contributed by atoms with van der Waals surface area (Å²) in [6.07, 6.45) is 6.06. The van der Waals surface area contributed by atoms with Gasteiger partial charge >= 0.3 is 0 Å². The molecule has 1 aliphatic heterocycles. The maximum Gasteiger partial charge on any atom is 0.0397 e. The molecule has 0 bridgehead atoms. The van der Waals surface area contributed by atoms with E-state index in [2.05, 4.69) is 67.5 Å². The fraction of sp³-hybridized carbons (Fsp3) is 0.312. The first-order valence-corrected chi connectivity index (χ1v) is 7.77. The van der Waals surface area contributed by atoms with Crippen LogP contribution in [0.1, 0.15) is 12.8 Å². The molecular weight excluding hydrogens is 314 g/mol. The van der Waals surface area contributed by atoms with Crippen molar-refractivity contribution in [3.8, 4) is 0 Å². The predicted octanol–water partition coefficient (Wildman–Crippen LogP) is 3.93. The zero-order valence-corrected chi connectivity index (χ0v) is 12.9. The summed E-state index contributed by atoms with van der Waals surface area (Å²) in [5, 5.41) is 3.62. The van der Waals surface area contributed by atoms with Crippen molar-refractivity contribution in [2.75, 3.05) is 23.3 Å². The second-order valence-electron chi connectivity index (χ2n) is 5.12. The number of hydrogen-bond acceptors (Lipinski definition) is 3. The van der Waals surface area contributed by atoms with E-state index in [0.29, 0.717) is 6.04 Å². The van der Waals surface area contributed by atoms with Crippen molar-refractivity contribution in [2.24, 2.45) is 0 Å². The van der Waals surface area contributed by atoms with E-state index in [4.69, 9.17) is 0 Å². The fourth-order valence-electron chi connectivity index (χ4n) is 2.62. The Kier molecular flexibility index (Phi) is 4.21. The van der Waals surface area contributed by atoms with E-state index < -0.39 is 0 Å². The Morgan fingerprint density at radius 1 is 1.00 bits per heavy atom. The number of hydrogen-bond donors (Lipinski definition) is 1. The van der Waals surface area contributed by atoms with Gasteiger partial charge in [0.2, 0.25) is 0 Å². The molecule has 0 atom stereocenters. The molecule has 0 radical (unpaired) electrons. The van der Waals surface area contributed by atoms with Crippen molar-refractivity contribution in [1.82, 2.24) is 4.98 Å². The lowest BCUT2D eigenvalue weighted by atomic mass is 10.0. The fourth-order valence-corrected chi connectivity index (χ4v) is 2.88. The summed E-state index contributed by atoms with van der Waals surface area (Å²) in [7, 11) is 0. The molecule has 1 saturated heterocycles. The summed E-state index contributed by atoms with van der Waals surface area (Å²) in [4.78, 5) is 6.51. The van der Waals surface area contributed by atoms with Crippen LogP contribution in [0.15, 0.2) is 53.3 Å². The van der Waals surface area contributed by atoms with Crippen LogP contribution in [-0.2, 0) is 0 Å². The van der Waals surface area contributed by atoms with Crippen LogP contribution in [-0.4, -0.2) is 24.1 Å². The molecule has 0 aliphatic carbocycles. The minimum Gasteiger partial charge on any atom is -0.382 e. The second kappa shape index (κ2) is 6.27. The molecule has 1 aromatic heterocycles. The van der Waals surface area contributed by atoms with Gasteiger partial charge in [0.1, 0.15) is 0 Å². The number of nitrogens with zero attached hydrogens (tertiary/aromatic N) is 2. The van der Waals surface area contributed by atoms with Crippen LogP contribution in [0.4, 0.5) is 11.4 Å². The van der Waals surface area contributed by atoms with Crippen LogP contribution in [0.25, 0.3) is 0 Å². The van der Waals surface area contributed by atoms with Gasteiger partial charge in [0.25, 0.3) is 0 Å². The van der Waals surface area contributed by atoms with E-state index in [-0.39, 0.29) is 0 Å². The van der Waals surface area contributed by atoms with Crippen LogP contribution in [0.5, 0.6) is 0 Å². The highest BCUT2D eigenvalue weighted by molar-refractivity contribution is 9.10. The predicted molar refractivity (Wildman–Crippen MR) is 87.2 cm³/mol. The Morgan fingerprint density at radius 3 is 2.30 bits per heavy atom. The quantitative estimate of drug-likeness (QED) is 0.923. The molecule has 4 heteroatoms. The molecule has 3 rings (SSSR count). The van der Waals surface area contributed by atoms with Gasteiger partial charge in [0.15, 0.2) is 0 Å². The number of rotatable bonds is 3. The third-order valence-corrected chi connectivity index (χ3v) is 4.27. The number of benzene rings is 1. The van der Waals surface area contributed by atoms with Crippen molar-refractivity contribution < 1.29 is 0 Å². The van der Waals surface area contributed by atoms with Gasteiger partial charge in [0.05, 0.1) is 0 Å². The van der Waals surface area contributed by atoms with Gasteiger partial charge in [-0.05, 0) is 49.2 Å². The Hall–Kier alpha value is -1.55. The monoisotopic (exact) mass is 331 g/mol. The topological polar surface area (TPSA) is 28.2 Å². The lowest BCUT2D eigenvalue weighted by Gasteiger charge is -2.34. The van der Waals surface area contributed by atoms with Crippen molar-refractivity contribution in [3.05, 3.63) is 53.3 Å². The van der Waals surface area contributed by atoms with E-state index in [1.165, 1.54) is 24.2 Å². The molecule has 0 amide bonds. The van der Waals surface area contributed by atoms with Crippen molar-refractivity contribution in [1.29, 1.82) is 0 Å². The molecule has 0 unspecified atom stereocenters. The minimum absolute atomic E-state index is 0.564. The maximum absolute atomic E-state index is 4.08. The molecule has 20 heavy (non-hydrogen) atoms. The third-order valence-electron chi connectivity index (χ3n) is 3.74. The standard InChI is InChI=1S/C16H18BrN3/c17-13-1-3-14(4-2-13)19-15-7-11-20(12-8-15)16-5-9-18-10-6-16/h1-6,9-10,15,19H,7-8,11-12H2. The molecule has 1 aliphatic rings. The number of nitrogens with one attached hydrogen (secondary N) is 1. The summed E-state index contributed by atoms with van der Waals surface area (Å²) in [6.45, 7) is 2.19. The molecule has 2 heterocycles. The molecule has 3 nitrogen and oxygen atoms in total. The van der Waals surface area contributed by atoms with Gasteiger partial charge in [-0.25, -0.2) is 0 Å². The van der Waals surface area contributed by atoms with Crippen LogP contribution in [0.3, 0.4) is 0 Å². The molecule has 1 N–H and O–H groups in total. The van der Waals surface area contributed by atoms with Gasteiger partial charge in [-0.3, -0.25) is 4.98 Å². The van der Waals surface area contributed by atoms with Gasteiger partial charge < -0.3 is 10.2 Å². The number of halogens is 1. The number of anilines is 2. The maximum atomic E-state index is 4.08. The van der Waals surface area contributed by atoms with Crippen molar-refractivity contribution in [2.45, 2.75) is 18.9 Å². The second-order valence-corrected chi connectivity index (χ2v) is 6.03. The van der Waals surface area contributed by atoms with Crippen LogP contribution >= 0.6 is 15.9 Å². The Bertz CT molecular complexity index is 533. The molecule has 2 aromatic rings. The van der Waals surface area contributed by atoms with Gasteiger partial charge in [-0.15, -0.1) is 0 Å². The molecule has 1 aromatic carbocycles. The number of pyridine rings is 1. The molecule has 104 valence electrons. The highest BCUT2D eigenvalue weighted by Gasteiger charge is 2.19. The number of piperidine rings is 1. The largest absolute Gasteiger partial charge is 0.382 e. The summed E-state index contributed by atoms with van der Waals surface area (Å²) < 4.78 is 1.12. The summed E-state index contributed by atoms with van der Waals surface area (Å²) >= 11 is 3.46. The Balaban J connectivity index is 1.55. The summed E-state index contributed by atoms with van der Waals surface area (Å²) in [6, 6.07) is 13.1. The number of aromatic nitrogens is 1. The van der Waals surface area contributed by atoms with E-state index in [9.17, 15) is 0 Å². The third kappa shape index (κ3) is 3.31. The van der Waals surface area contributed by atoms with Crippen LogP contribution in [0.2, 0.25) is 0 Å². The first kappa shape index (κ1) is 13.4. The summed E-state index contributed by atoms with van der Waals surface area (Å²) in [5.74, 6) is 0. The molecule has 1 fully saturated rings.